The predicted octanol–water partition coefficient (Wildman–Crippen LogP) is 4.38. The summed E-state index contributed by atoms with van der Waals surface area (Å²) < 4.78 is 10.6. The number of benzene rings is 2. The van der Waals surface area contributed by atoms with Gasteiger partial charge < -0.3 is 9.47 Å². The van der Waals surface area contributed by atoms with E-state index in [9.17, 15) is 4.79 Å². The maximum atomic E-state index is 12.0. The number of hydrogen-bond acceptors (Lipinski definition) is 5. The molecule has 0 aromatic heterocycles. The van der Waals surface area contributed by atoms with E-state index >= 15 is 0 Å². The number of carbonyl (C=O) groups excluding carboxylic acids is 1. The molecule has 2 rings (SSSR count). The predicted molar refractivity (Wildman–Crippen MR) is 107 cm³/mol. The van der Waals surface area contributed by atoms with Crippen LogP contribution in [0.25, 0.3) is 0 Å². The average Bonchev–Trinajstić information content (AvgIpc) is 2.67. The molecular weight excluding hydrogens is 372 g/mol. The molecule has 0 aliphatic rings. The Balaban J connectivity index is 1.99. The Morgan fingerprint density at radius 1 is 1.12 bits per heavy atom. The number of amides is 1. The summed E-state index contributed by atoms with van der Waals surface area (Å²) in [5.41, 5.74) is 4.24. The SMILES string of the molecule is CC/C(=N/NC(=O)CSc1ccc(Cl)cc1)c1ccc(OC)c(OC)c1. The van der Waals surface area contributed by atoms with Gasteiger partial charge in [-0.3, -0.25) is 4.79 Å². The number of hydrogen-bond donors (Lipinski definition) is 1. The molecule has 138 valence electrons. The molecular formula is C19H21ClN2O3S. The van der Waals surface area contributed by atoms with Gasteiger partial charge in [0, 0.05) is 15.5 Å². The lowest BCUT2D eigenvalue weighted by Crippen LogP contribution is -2.21. The molecule has 0 saturated heterocycles. The van der Waals surface area contributed by atoms with Gasteiger partial charge in [-0.1, -0.05) is 18.5 Å². The van der Waals surface area contributed by atoms with Crippen molar-refractivity contribution in [3.8, 4) is 11.5 Å². The third-order valence-corrected chi connectivity index (χ3v) is 4.81. The normalized spacial score (nSPS) is 11.2. The minimum atomic E-state index is -0.170. The number of rotatable bonds is 8. The minimum absolute atomic E-state index is 0.170. The van der Waals surface area contributed by atoms with Crippen molar-refractivity contribution in [2.45, 2.75) is 18.2 Å². The number of thioether (sulfide) groups is 1. The first-order valence-corrected chi connectivity index (χ1v) is 9.40. The maximum absolute atomic E-state index is 12.0. The molecule has 0 unspecified atom stereocenters. The van der Waals surface area contributed by atoms with Crippen LogP contribution in [-0.4, -0.2) is 31.6 Å². The lowest BCUT2D eigenvalue weighted by Gasteiger charge is -2.10. The summed E-state index contributed by atoms with van der Waals surface area (Å²) in [5.74, 6) is 1.37. The summed E-state index contributed by atoms with van der Waals surface area (Å²) in [6.07, 6.45) is 0.667. The van der Waals surface area contributed by atoms with E-state index in [1.165, 1.54) is 11.8 Å². The summed E-state index contributed by atoms with van der Waals surface area (Å²) in [7, 11) is 3.17. The number of carbonyl (C=O) groups is 1. The minimum Gasteiger partial charge on any atom is -0.493 e. The third kappa shape index (κ3) is 5.68. The molecule has 1 N–H and O–H groups in total. The molecule has 26 heavy (non-hydrogen) atoms. The van der Waals surface area contributed by atoms with Crippen molar-refractivity contribution < 1.29 is 14.3 Å². The first-order valence-electron chi connectivity index (χ1n) is 8.03. The summed E-state index contributed by atoms with van der Waals surface area (Å²) >= 11 is 7.28. The van der Waals surface area contributed by atoms with Crippen LogP contribution in [-0.2, 0) is 4.79 Å². The molecule has 5 nitrogen and oxygen atoms in total. The van der Waals surface area contributed by atoms with E-state index in [2.05, 4.69) is 10.5 Å². The molecule has 2 aromatic carbocycles. The van der Waals surface area contributed by atoms with Crippen LogP contribution in [0.2, 0.25) is 5.02 Å². The molecule has 0 heterocycles. The molecule has 0 aliphatic heterocycles. The van der Waals surface area contributed by atoms with Crippen LogP contribution in [0, 0.1) is 0 Å². The van der Waals surface area contributed by atoms with Crippen LogP contribution < -0.4 is 14.9 Å². The fourth-order valence-electron chi connectivity index (χ4n) is 2.21. The van der Waals surface area contributed by atoms with Gasteiger partial charge >= 0.3 is 0 Å². The Labute approximate surface area is 162 Å². The quantitative estimate of drug-likeness (QED) is 0.411. The highest BCUT2D eigenvalue weighted by molar-refractivity contribution is 8.00. The second-order valence-corrected chi connectivity index (χ2v) is 6.74. The van der Waals surface area contributed by atoms with E-state index in [1.54, 1.807) is 26.4 Å². The summed E-state index contributed by atoms with van der Waals surface area (Å²) in [6, 6.07) is 12.9. The van der Waals surface area contributed by atoms with Gasteiger partial charge in [0.15, 0.2) is 11.5 Å². The van der Waals surface area contributed by atoms with Crippen LogP contribution in [0.15, 0.2) is 52.5 Å². The van der Waals surface area contributed by atoms with Crippen LogP contribution in [0.5, 0.6) is 11.5 Å². The van der Waals surface area contributed by atoms with E-state index in [4.69, 9.17) is 21.1 Å². The van der Waals surface area contributed by atoms with Crippen molar-refractivity contribution in [2.24, 2.45) is 5.10 Å². The molecule has 0 saturated carbocycles. The van der Waals surface area contributed by atoms with Gasteiger partial charge in [-0.05, 0) is 48.9 Å². The largest absolute Gasteiger partial charge is 0.493 e. The van der Waals surface area contributed by atoms with Crippen LogP contribution >= 0.6 is 23.4 Å². The lowest BCUT2D eigenvalue weighted by atomic mass is 10.1. The second-order valence-electron chi connectivity index (χ2n) is 5.26. The van der Waals surface area contributed by atoms with E-state index in [0.717, 1.165) is 16.2 Å². The van der Waals surface area contributed by atoms with Gasteiger partial charge in [-0.15, -0.1) is 11.8 Å². The Hall–Kier alpha value is -2.18. The number of ether oxygens (including phenoxy) is 2. The van der Waals surface area contributed by atoms with Crippen LogP contribution in [0.3, 0.4) is 0 Å². The summed E-state index contributed by atoms with van der Waals surface area (Å²) in [6.45, 7) is 1.98. The first-order chi connectivity index (χ1) is 12.6. The van der Waals surface area contributed by atoms with E-state index in [1.807, 2.05) is 37.3 Å². The highest BCUT2D eigenvalue weighted by atomic mass is 35.5. The number of nitrogens with one attached hydrogen (secondary N) is 1. The molecule has 0 fully saturated rings. The monoisotopic (exact) mass is 392 g/mol. The third-order valence-electron chi connectivity index (χ3n) is 3.55. The Morgan fingerprint density at radius 3 is 2.42 bits per heavy atom. The number of nitrogens with zero attached hydrogens (tertiary/aromatic N) is 1. The van der Waals surface area contributed by atoms with Crippen molar-refractivity contribution in [2.75, 3.05) is 20.0 Å². The van der Waals surface area contributed by atoms with E-state index in [0.29, 0.717) is 22.9 Å². The fourth-order valence-corrected chi connectivity index (χ4v) is 3.02. The lowest BCUT2D eigenvalue weighted by molar-refractivity contribution is -0.118. The first kappa shape index (κ1) is 20.1. The van der Waals surface area contributed by atoms with Crippen LogP contribution in [0.1, 0.15) is 18.9 Å². The maximum Gasteiger partial charge on any atom is 0.250 e. The second kappa shape index (κ2) is 10.1. The summed E-state index contributed by atoms with van der Waals surface area (Å²) in [4.78, 5) is 13.0. The number of methoxy groups -OCH3 is 2. The zero-order valence-corrected chi connectivity index (χ0v) is 16.5. The smallest absolute Gasteiger partial charge is 0.250 e. The van der Waals surface area contributed by atoms with Crippen LogP contribution in [0.4, 0.5) is 0 Å². The molecule has 2 aromatic rings. The zero-order valence-electron chi connectivity index (χ0n) is 14.9. The molecule has 0 aliphatic carbocycles. The fraction of sp³-hybridized carbons (Fsp3) is 0.263. The van der Waals surface area contributed by atoms with Crippen molar-refractivity contribution in [3.05, 3.63) is 53.1 Å². The van der Waals surface area contributed by atoms with Gasteiger partial charge in [-0.2, -0.15) is 5.10 Å². The van der Waals surface area contributed by atoms with Crippen molar-refractivity contribution in [1.29, 1.82) is 0 Å². The van der Waals surface area contributed by atoms with Crippen molar-refractivity contribution >= 4 is 35.0 Å². The molecule has 0 bridgehead atoms. The van der Waals surface area contributed by atoms with Gasteiger partial charge in [0.05, 0.1) is 25.7 Å². The van der Waals surface area contributed by atoms with Gasteiger partial charge in [0.2, 0.25) is 5.91 Å². The van der Waals surface area contributed by atoms with Crippen molar-refractivity contribution in [3.63, 3.8) is 0 Å². The van der Waals surface area contributed by atoms with Crippen molar-refractivity contribution in [1.82, 2.24) is 5.43 Å². The van der Waals surface area contributed by atoms with E-state index < -0.39 is 0 Å². The standard InChI is InChI=1S/C19H21ClN2O3S/c1-4-16(13-5-10-17(24-2)18(11-13)25-3)21-22-19(23)12-26-15-8-6-14(20)7-9-15/h5-11H,4,12H2,1-3H3,(H,22,23)/b21-16-. The van der Waals surface area contributed by atoms with Gasteiger partial charge in [0.25, 0.3) is 0 Å². The van der Waals surface area contributed by atoms with Gasteiger partial charge in [-0.25, -0.2) is 5.43 Å². The number of halogens is 1. The molecule has 0 atom stereocenters. The molecule has 0 spiro atoms. The highest BCUT2D eigenvalue weighted by Gasteiger charge is 2.09. The van der Waals surface area contributed by atoms with E-state index in [-0.39, 0.29) is 11.7 Å². The van der Waals surface area contributed by atoms with Gasteiger partial charge in [0.1, 0.15) is 0 Å². The molecule has 1 amide bonds. The molecule has 7 heteroatoms. The number of hydrazone groups is 1. The highest BCUT2D eigenvalue weighted by Crippen LogP contribution is 2.28. The Kier molecular flexibility index (Phi) is 7.81. The average molecular weight is 393 g/mol. The summed E-state index contributed by atoms with van der Waals surface area (Å²) in [5, 5.41) is 4.93. The molecule has 0 radical (unpaired) electrons. The topological polar surface area (TPSA) is 59.9 Å². The Bertz CT molecular complexity index is 779. The Morgan fingerprint density at radius 2 is 1.81 bits per heavy atom. The zero-order chi connectivity index (χ0) is 18.9.